The van der Waals surface area contributed by atoms with E-state index in [2.05, 4.69) is 26.5 Å². The van der Waals surface area contributed by atoms with Crippen molar-refractivity contribution >= 4 is 17.4 Å². The monoisotopic (exact) mass is 390 g/mol. The first-order valence-corrected chi connectivity index (χ1v) is 9.80. The molecule has 1 aliphatic heterocycles. The van der Waals surface area contributed by atoms with Crippen LogP contribution in [-0.4, -0.2) is 29.2 Å². The summed E-state index contributed by atoms with van der Waals surface area (Å²) in [5.41, 5.74) is 3.52. The molecule has 3 aromatic rings. The van der Waals surface area contributed by atoms with E-state index in [1.807, 2.05) is 37.3 Å². The molecule has 1 aromatic heterocycles. The van der Waals surface area contributed by atoms with E-state index in [1.54, 1.807) is 12.1 Å². The molecule has 0 bridgehead atoms. The van der Waals surface area contributed by atoms with Crippen LogP contribution in [0.5, 0.6) is 0 Å². The molecular formula is C23H23FN4O. The van der Waals surface area contributed by atoms with Gasteiger partial charge in [0.1, 0.15) is 5.82 Å². The van der Waals surface area contributed by atoms with Crippen LogP contribution in [0.4, 0.5) is 15.9 Å². The number of hydrogen-bond acceptors (Lipinski definition) is 4. The quantitative estimate of drug-likeness (QED) is 0.715. The number of piperidine rings is 1. The summed E-state index contributed by atoms with van der Waals surface area (Å²) in [7, 11) is 0. The van der Waals surface area contributed by atoms with Gasteiger partial charge in [0.2, 0.25) is 5.91 Å². The average Bonchev–Trinajstić information content (AvgIpc) is 2.74. The predicted octanol–water partition coefficient (Wildman–Crippen LogP) is 4.45. The molecule has 4 rings (SSSR count). The lowest BCUT2D eigenvalue weighted by molar-refractivity contribution is -0.120. The van der Waals surface area contributed by atoms with Crippen molar-refractivity contribution in [2.24, 2.45) is 5.92 Å². The maximum absolute atomic E-state index is 13.3. The molecule has 1 saturated heterocycles. The lowest BCUT2D eigenvalue weighted by atomic mass is 9.97. The van der Waals surface area contributed by atoms with Crippen molar-refractivity contribution in [1.29, 1.82) is 0 Å². The van der Waals surface area contributed by atoms with Gasteiger partial charge in [0.25, 0.3) is 0 Å². The lowest BCUT2D eigenvalue weighted by Gasteiger charge is -2.32. The molecule has 1 amide bonds. The largest absolute Gasteiger partial charge is 0.354 e. The molecule has 1 unspecified atom stereocenters. The second kappa shape index (κ2) is 8.39. The highest BCUT2D eigenvalue weighted by molar-refractivity contribution is 5.93. The van der Waals surface area contributed by atoms with Crippen molar-refractivity contribution in [3.63, 3.8) is 0 Å². The first kappa shape index (κ1) is 19.1. The second-order valence-corrected chi connectivity index (χ2v) is 7.43. The number of hydrogen-bond donors (Lipinski definition) is 1. The minimum atomic E-state index is -0.364. The minimum absolute atomic E-state index is 0.0929. The Morgan fingerprint density at radius 2 is 1.97 bits per heavy atom. The highest BCUT2D eigenvalue weighted by Crippen LogP contribution is 2.24. The van der Waals surface area contributed by atoms with Crippen molar-refractivity contribution in [2.45, 2.75) is 19.8 Å². The van der Waals surface area contributed by atoms with Crippen LogP contribution in [0.1, 0.15) is 18.4 Å². The standard InChI is InChI=1S/C23H23FN4O/c1-16-5-2-6-17(13-16)21-10-11-22(27-26-21)28-12-4-7-18(15-28)23(29)25-20-9-3-8-19(24)14-20/h2-3,5-6,8-11,13-14,18H,4,7,12,15H2,1H3,(H,25,29). The number of anilines is 2. The maximum atomic E-state index is 13.3. The fourth-order valence-corrected chi connectivity index (χ4v) is 3.66. The van der Waals surface area contributed by atoms with Crippen LogP contribution in [-0.2, 0) is 4.79 Å². The van der Waals surface area contributed by atoms with Crippen LogP contribution in [0, 0.1) is 18.7 Å². The number of halogens is 1. The summed E-state index contributed by atoms with van der Waals surface area (Å²) < 4.78 is 13.3. The van der Waals surface area contributed by atoms with E-state index in [4.69, 9.17) is 0 Å². The van der Waals surface area contributed by atoms with E-state index < -0.39 is 0 Å². The van der Waals surface area contributed by atoms with Gasteiger partial charge in [-0.1, -0.05) is 29.8 Å². The Morgan fingerprint density at radius 1 is 1.10 bits per heavy atom. The van der Waals surface area contributed by atoms with E-state index in [9.17, 15) is 9.18 Å². The third-order valence-electron chi connectivity index (χ3n) is 5.17. The maximum Gasteiger partial charge on any atom is 0.229 e. The van der Waals surface area contributed by atoms with Crippen molar-refractivity contribution in [2.75, 3.05) is 23.3 Å². The van der Waals surface area contributed by atoms with Crippen LogP contribution < -0.4 is 10.2 Å². The molecule has 148 valence electrons. The molecule has 29 heavy (non-hydrogen) atoms. The molecule has 0 saturated carbocycles. The molecule has 1 N–H and O–H groups in total. The van der Waals surface area contributed by atoms with Gasteiger partial charge in [-0.05, 0) is 56.2 Å². The summed E-state index contributed by atoms with van der Waals surface area (Å²) in [6, 6.07) is 18.0. The summed E-state index contributed by atoms with van der Waals surface area (Å²) in [5.74, 6) is 0.136. The SMILES string of the molecule is Cc1cccc(-c2ccc(N3CCCC(C(=O)Nc4cccc(F)c4)C3)nn2)c1. The molecule has 0 spiro atoms. The number of amides is 1. The molecule has 6 heteroatoms. The number of rotatable bonds is 4. The third kappa shape index (κ3) is 4.59. The van der Waals surface area contributed by atoms with Gasteiger partial charge < -0.3 is 10.2 Å². The molecule has 0 radical (unpaired) electrons. The summed E-state index contributed by atoms with van der Waals surface area (Å²) in [6.07, 6.45) is 1.69. The zero-order valence-electron chi connectivity index (χ0n) is 16.3. The van der Waals surface area contributed by atoms with Gasteiger partial charge in [0.15, 0.2) is 5.82 Å². The van der Waals surface area contributed by atoms with E-state index in [0.29, 0.717) is 12.2 Å². The fraction of sp³-hybridized carbons (Fsp3) is 0.261. The third-order valence-corrected chi connectivity index (χ3v) is 5.17. The van der Waals surface area contributed by atoms with Crippen molar-refractivity contribution in [1.82, 2.24) is 10.2 Å². The number of benzene rings is 2. The van der Waals surface area contributed by atoms with Gasteiger partial charge in [0, 0.05) is 24.3 Å². The highest BCUT2D eigenvalue weighted by Gasteiger charge is 2.27. The fourth-order valence-electron chi connectivity index (χ4n) is 3.66. The Hall–Kier alpha value is -3.28. The number of carbonyl (C=O) groups excluding carboxylic acids is 1. The van der Waals surface area contributed by atoms with Gasteiger partial charge in [-0.25, -0.2) is 4.39 Å². The number of nitrogens with zero attached hydrogens (tertiary/aromatic N) is 3. The van der Waals surface area contributed by atoms with Crippen LogP contribution in [0.15, 0.2) is 60.7 Å². The van der Waals surface area contributed by atoms with Crippen LogP contribution in [0.25, 0.3) is 11.3 Å². The Kier molecular flexibility index (Phi) is 5.51. The Labute approximate surface area is 169 Å². The molecule has 5 nitrogen and oxygen atoms in total. The molecule has 2 aromatic carbocycles. The molecule has 0 aliphatic carbocycles. The van der Waals surface area contributed by atoms with Crippen LogP contribution >= 0.6 is 0 Å². The topological polar surface area (TPSA) is 58.1 Å². The zero-order valence-corrected chi connectivity index (χ0v) is 16.3. The molecular weight excluding hydrogens is 367 g/mol. The van der Waals surface area contributed by atoms with E-state index in [0.717, 1.165) is 36.5 Å². The molecule has 1 fully saturated rings. The smallest absolute Gasteiger partial charge is 0.229 e. The minimum Gasteiger partial charge on any atom is -0.354 e. The van der Waals surface area contributed by atoms with Gasteiger partial charge >= 0.3 is 0 Å². The van der Waals surface area contributed by atoms with Crippen molar-refractivity contribution in [3.05, 3.63) is 72.0 Å². The number of carbonyl (C=O) groups is 1. The zero-order chi connectivity index (χ0) is 20.2. The first-order valence-electron chi connectivity index (χ1n) is 9.80. The number of aromatic nitrogens is 2. The molecule has 2 heterocycles. The Morgan fingerprint density at radius 3 is 2.72 bits per heavy atom. The summed E-state index contributed by atoms with van der Waals surface area (Å²) in [6.45, 7) is 3.45. The van der Waals surface area contributed by atoms with E-state index in [-0.39, 0.29) is 17.6 Å². The summed E-state index contributed by atoms with van der Waals surface area (Å²) >= 11 is 0. The predicted molar refractivity (Wildman–Crippen MR) is 112 cm³/mol. The normalized spacial score (nSPS) is 16.5. The number of nitrogens with one attached hydrogen (secondary N) is 1. The Balaban J connectivity index is 1.43. The van der Waals surface area contributed by atoms with Gasteiger partial charge in [0.05, 0.1) is 11.6 Å². The van der Waals surface area contributed by atoms with E-state index >= 15 is 0 Å². The average molecular weight is 390 g/mol. The first-order chi connectivity index (χ1) is 14.1. The van der Waals surface area contributed by atoms with Gasteiger partial charge in [-0.15, -0.1) is 10.2 Å². The van der Waals surface area contributed by atoms with Gasteiger partial charge in [-0.2, -0.15) is 0 Å². The van der Waals surface area contributed by atoms with Crippen LogP contribution in [0.2, 0.25) is 0 Å². The number of aryl methyl sites for hydroxylation is 1. The molecule has 1 aliphatic rings. The Bertz CT molecular complexity index is 1010. The second-order valence-electron chi connectivity index (χ2n) is 7.43. The highest BCUT2D eigenvalue weighted by atomic mass is 19.1. The lowest BCUT2D eigenvalue weighted by Crippen LogP contribution is -2.41. The van der Waals surface area contributed by atoms with E-state index in [1.165, 1.54) is 17.7 Å². The van der Waals surface area contributed by atoms with Crippen LogP contribution in [0.3, 0.4) is 0 Å². The van der Waals surface area contributed by atoms with Crippen molar-refractivity contribution in [3.8, 4) is 11.3 Å². The summed E-state index contributed by atoms with van der Waals surface area (Å²) in [4.78, 5) is 14.7. The summed E-state index contributed by atoms with van der Waals surface area (Å²) in [5, 5.41) is 11.6. The van der Waals surface area contributed by atoms with Gasteiger partial charge in [-0.3, -0.25) is 4.79 Å². The van der Waals surface area contributed by atoms with Crippen molar-refractivity contribution < 1.29 is 9.18 Å². The molecule has 1 atom stereocenters.